The third-order valence-corrected chi connectivity index (χ3v) is 12.9. The van der Waals surface area contributed by atoms with Crippen molar-refractivity contribution in [2.24, 2.45) is 0 Å². The molecule has 5 nitrogen and oxygen atoms in total. The summed E-state index contributed by atoms with van der Waals surface area (Å²) >= 11 is 0. The van der Waals surface area contributed by atoms with E-state index in [9.17, 15) is 0 Å². The number of furan rings is 1. The second-order valence-electron chi connectivity index (χ2n) is 16.4. The first-order valence-corrected chi connectivity index (χ1v) is 23.9. The molecule has 4 aromatic heterocycles. The van der Waals surface area contributed by atoms with Crippen LogP contribution >= 0.6 is 0 Å². The molecule has 7 heteroatoms. The van der Waals surface area contributed by atoms with Crippen LogP contribution in [0.1, 0.15) is 32.4 Å². The predicted octanol–water partition coefficient (Wildman–Crippen LogP) is 13.6. The van der Waals surface area contributed by atoms with Crippen molar-refractivity contribution >= 4 is 46.4 Å². The Kier molecular flexibility index (Phi) is 11.5. The molecule has 0 aliphatic heterocycles. The second kappa shape index (κ2) is 17.4. The minimum Gasteiger partial charge on any atom is -0.486 e. The normalized spacial score (nSPS) is 11.9. The Morgan fingerprint density at radius 2 is 1.41 bits per heavy atom. The van der Waals surface area contributed by atoms with E-state index in [4.69, 9.17) is 10.8 Å². The Hall–Kier alpha value is -6.24. The SMILES string of the molecule is Cc1ccc2c(n1)oc1c(-c3nc4ccccc4n3-c3ccc(-c4ccccc4)cc3-c3ccccc3)[c-]ccc12.[2H]C(C)(C)c1cc(-c2[c-]cccc2)ncc1[Si](C)(C)C.[Ir]. The minimum absolute atomic E-state index is 0. The van der Waals surface area contributed by atoms with Crippen LogP contribution < -0.4 is 5.19 Å². The molecule has 303 valence electrons. The molecule has 1 radical (unpaired) electrons. The molecule has 0 N–H and O–H groups in total. The molecular formula is C54H46IrN4OSi-2. The zero-order valence-electron chi connectivity index (χ0n) is 36.1. The van der Waals surface area contributed by atoms with E-state index in [1.807, 2.05) is 81.6 Å². The fraction of sp³-hybridized carbons (Fsp3) is 0.130. The van der Waals surface area contributed by atoms with Crippen LogP contribution in [0.3, 0.4) is 0 Å². The van der Waals surface area contributed by atoms with Crippen LogP contribution in [-0.4, -0.2) is 27.6 Å². The van der Waals surface area contributed by atoms with E-state index in [0.717, 1.165) is 83.7 Å². The molecule has 0 aliphatic carbocycles. The zero-order valence-corrected chi connectivity index (χ0v) is 38.5. The molecule has 6 aromatic carbocycles. The fourth-order valence-corrected chi connectivity index (χ4v) is 9.46. The summed E-state index contributed by atoms with van der Waals surface area (Å²) in [5, 5.41) is 3.26. The molecule has 0 unspecified atom stereocenters. The van der Waals surface area contributed by atoms with Gasteiger partial charge in [-0.2, -0.15) is 0 Å². The fourth-order valence-electron chi connectivity index (χ4n) is 7.88. The van der Waals surface area contributed by atoms with Crippen LogP contribution in [0.4, 0.5) is 0 Å². The average molecular weight is 988 g/mol. The van der Waals surface area contributed by atoms with Crippen LogP contribution in [0.5, 0.6) is 0 Å². The van der Waals surface area contributed by atoms with Gasteiger partial charge in [-0.1, -0.05) is 135 Å². The second-order valence-corrected chi connectivity index (χ2v) is 21.4. The number of pyridine rings is 2. The summed E-state index contributed by atoms with van der Waals surface area (Å²) in [6.45, 7) is 12.8. The number of nitrogens with zero attached hydrogens (tertiary/aromatic N) is 4. The number of benzene rings is 6. The first-order valence-electron chi connectivity index (χ1n) is 20.9. The summed E-state index contributed by atoms with van der Waals surface area (Å²) in [6, 6.07) is 60.6. The number of hydrogen-bond acceptors (Lipinski definition) is 4. The quantitative estimate of drug-likeness (QED) is 0.118. The van der Waals surface area contributed by atoms with Gasteiger partial charge in [0.05, 0.1) is 30.5 Å². The van der Waals surface area contributed by atoms with Gasteiger partial charge in [-0.25, -0.2) is 4.98 Å². The third-order valence-electron chi connectivity index (χ3n) is 10.9. The van der Waals surface area contributed by atoms with Crippen LogP contribution in [0.15, 0.2) is 168 Å². The molecule has 10 rings (SSSR count). The third kappa shape index (κ3) is 8.29. The average Bonchev–Trinajstić information content (AvgIpc) is 3.85. The Morgan fingerprint density at radius 1 is 0.689 bits per heavy atom. The molecule has 10 aromatic rings. The van der Waals surface area contributed by atoms with E-state index < -0.39 is 14.0 Å². The smallest absolute Gasteiger partial charge is 0.216 e. The molecular weight excluding hydrogens is 941 g/mol. The Labute approximate surface area is 374 Å². The monoisotopic (exact) mass is 988 g/mol. The van der Waals surface area contributed by atoms with E-state index in [1.165, 1.54) is 10.8 Å². The molecule has 4 heterocycles. The number of rotatable bonds is 7. The van der Waals surface area contributed by atoms with Crippen molar-refractivity contribution in [1.29, 1.82) is 0 Å². The van der Waals surface area contributed by atoms with E-state index in [0.29, 0.717) is 5.71 Å². The number of aryl methyl sites for hydroxylation is 1. The minimum atomic E-state index is -1.50. The van der Waals surface area contributed by atoms with E-state index >= 15 is 0 Å². The van der Waals surface area contributed by atoms with Gasteiger partial charge in [0.1, 0.15) is 0 Å². The van der Waals surface area contributed by atoms with Crippen molar-refractivity contribution in [3.63, 3.8) is 0 Å². The Morgan fingerprint density at radius 3 is 2.13 bits per heavy atom. The van der Waals surface area contributed by atoms with Gasteiger partial charge in [0.15, 0.2) is 0 Å². The summed E-state index contributed by atoms with van der Waals surface area (Å²) in [5.74, 6) is 0.166. The van der Waals surface area contributed by atoms with Gasteiger partial charge in [0, 0.05) is 50.0 Å². The molecule has 0 saturated carbocycles. The number of imidazole rings is 1. The number of para-hydroxylation sites is 2. The Bertz CT molecular complexity index is 3170. The van der Waals surface area contributed by atoms with Gasteiger partial charge in [0.25, 0.3) is 0 Å². The summed E-state index contributed by atoms with van der Waals surface area (Å²) in [7, 11) is -1.50. The number of fused-ring (bicyclic) bond motifs is 4. The van der Waals surface area contributed by atoms with Crippen LogP contribution in [0.2, 0.25) is 19.6 Å². The van der Waals surface area contributed by atoms with Gasteiger partial charge in [0.2, 0.25) is 5.71 Å². The molecule has 0 spiro atoms. The van der Waals surface area contributed by atoms with Crippen molar-refractivity contribution in [2.75, 3.05) is 0 Å². The van der Waals surface area contributed by atoms with E-state index in [1.54, 1.807) is 0 Å². The maximum Gasteiger partial charge on any atom is 0.216 e. The first kappa shape index (κ1) is 40.2. The molecule has 0 fully saturated rings. The molecule has 0 saturated heterocycles. The van der Waals surface area contributed by atoms with Crippen molar-refractivity contribution in [1.82, 2.24) is 19.5 Å². The standard InChI is InChI=1S/C37H24N3O.C17H22NSi.Ir/c1-24-19-21-29-28-15-10-16-30(35(28)41-37(29)38-24)36-39-32-17-8-9-18-34(32)40(36)33-22-20-27(25-11-4-2-5-12-25)23-31(33)26-13-6-3-7-14-26;1-13(2)15-11-16(14-9-7-6-8-10-14)18-12-17(15)19(3,4)5;/h2-15,17-23H,1H3;6-9,11-13H,1-5H3;/q2*-1;/i;13D;. The molecule has 0 aliphatic rings. The van der Waals surface area contributed by atoms with Gasteiger partial charge in [-0.3, -0.25) is 4.98 Å². The molecule has 0 bridgehead atoms. The van der Waals surface area contributed by atoms with E-state index in [2.05, 4.69) is 149 Å². The Balaban J connectivity index is 0.000000214. The van der Waals surface area contributed by atoms with Crippen molar-refractivity contribution < 1.29 is 25.9 Å². The van der Waals surface area contributed by atoms with E-state index in [-0.39, 0.29) is 20.1 Å². The first-order chi connectivity index (χ1) is 29.4. The molecule has 0 atom stereocenters. The summed E-state index contributed by atoms with van der Waals surface area (Å²) in [4.78, 5) is 14.4. The zero-order chi connectivity index (χ0) is 42.3. The maximum atomic E-state index is 8.44. The van der Waals surface area contributed by atoms with Crippen molar-refractivity contribution in [2.45, 2.75) is 46.3 Å². The van der Waals surface area contributed by atoms with Gasteiger partial charge in [-0.15, -0.1) is 54.1 Å². The van der Waals surface area contributed by atoms with Crippen molar-refractivity contribution in [3.8, 4) is 50.6 Å². The topological polar surface area (TPSA) is 56.7 Å². The van der Waals surface area contributed by atoms with Crippen LogP contribution in [-0.2, 0) is 20.1 Å². The predicted molar refractivity (Wildman–Crippen MR) is 252 cm³/mol. The number of hydrogen-bond donors (Lipinski definition) is 0. The molecule has 0 amide bonds. The molecule has 61 heavy (non-hydrogen) atoms. The maximum absolute atomic E-state index is 8.44. The summed E-state index contributed by atoms with van der Waals surface area (Å²) in [6.07, 6.45) is 1.98. The summed E-state index contributed by atoms with van der Waals surface area (Å²) in [5.41, 5.74) is 13.6. The largest absolute Gasteiger partial charge is 0.486 e. The van der Waals surface area contributed by atoms with Crippen LogP contribution in [0, 0.1) is 19.1 Å². The summed E-state index contributed by atoms with van der Waals surface area (Å²) < 4.78 is 17.1. The van der Waals surface area contributed by atoms with Gasteiger partial charge < -0.3 is 14.0 Å². The van der Waals surface area contributed by atoms with Crippen LogP contribution in [0.25, 0.3) is 83.7 Å². The number of aromatic nitrogens is 4. The van der Waals surface area contributed by atoms with Gasteiger partial charge in [-0.05, 0) is 76.8 Å². The van der Waals surface area contributed by atoms with Gasteiger partial charge >= 0.3 is 0 Å². The van der Waals surface area contributed by atoms with Crippen molar-refractivity contribution in [3.05, 3.63) is 187 Å².